The van der Waals surface area contributed by atoms with Crippen molar-refractivity contribution in [3.63, 3.8) is 0 Å². The van der Waals surface area contributed by atoms with Gasteiger partial charge < -0.3 is 10.5 Å². The monoisotopic (exact) mass is 415 g/mol. The summed E-state index contributed by atoms with van der Waals surface area (Å²) in [4.78, 5) is 22.5. The van der Waals surface area contributed by atoms with E-state index in [0.29, 0.717) is 23.7 Å². The molecule has 2 amide bonds. The zero-order valence-corrected chi connectivity index (χ0v) is 18.9. The molecule has 7 atom stereocenters. The number of esters is 1. The smallest absolute Gasteiger partial charge is 0.332 e. The lowest BCUT2D eigenvalue weighted by molar-refractivity contribution is -0.148. The molecule has 0 aromatic carbocycles. The minimum Gasteiger partial charge on any atom is -0.462 e. The van der Waals surface area contributed by atoms with E-state index in [1.165, 1.54) is 31.8 Å². The minimum atomic E-state index is -0.597. The zero-order valence-electron chi connectivity index (χ0n) is 18.9. The molecule has 0 unspecified atom stereocenters. The van der Waals surface area contributed by atoms with Gasteiger partial charge in [-0.05, 0) is 80.5 Å². The Morgan fingerprint density at radius 2 is 1.90 bits per heavy atom. The van der Waals surface area contributed by atoms with Gasteiger partial charge >= 0.3 is 12.0 Å². The van der Waals surface area contributed by atoms with Gasteiger partial charge in [-0.25, -0.2) is 10.2 Å². The number of primary amides is 1. The minimum absolute atomic E-state index is 0.0553. The Morgan fingerprint density at radius 1 is 1.13 bits per heavy atom. The average Bonchev–Trinajstić information content (AvgIpc) is 3.03. The summed E-state index contributed by atoms with van der Waals surface area (Å²) in [6.45, 7) is 8.48. The lowest BCUT2D eigenvalue weighted by atomic mass is 9.47. The maximum atomic E-state index is 11.4. The Balaban J connectivity index is 1.54. The molecule has 4 aliphatic carbocycles. The maximum Gasteiger partial charge on any atom is 0.332 e. The average molecular weight is 416 g/mol. The Hall–Kier alpha value is -1.85. The SMILES string of the molecule is CC(=O)O[C@H]1CC[C@@]2(C)C(=CC[C@@H]3[C@H]4CC[C@@H](/C(C)=N\NC(N)=O)[C@@]4(C)CC[C@H]32)C1. The molecule has 6 nitrogen and oxygen atoms in total. The van der Waals surface area contributed by atoms with Crippen LogP contribution in [0.15, 0.2) is 16.8 Å². The quantitative estimate of drug-likeness (QED) is 0.307. The van der Waals surface area contributed by atoms with Gasteiger partial charge in [0, 0.05) is 25.0 Å². The Kier molecular flexibility index (Phi) is 5.48. The second kappa shape index (κ2) is 7.69. The predicted octanol–water partition coefficient (Wildman–Crippen LogP) is 4.54. The van der Waals surface area contributed by atoms with E-state index in [-0.39, 0.29) is 22.9 Å². The van der Waals surface area contributed by atoms with Crippen molar-refractivity contribution in [1.82, 2.24) is 5.43 Å². The van der Waals surface area contributed by atoms with Crippen molar-refractivity contribution in [3.8, 4) is 0 Å². The standard InChI is InChI=1S/C24H37N3O3/c1-14(26-27-22(25)29)19-7-8-20-18-6-5-16-13-17(30-15(2)28)9-11-23(16,3)21(18)10-12-24(19,20)4/h5,17-21H,6-13H2,1-4H3,(H3,25,27,29)/b26-14-/t17-,18+,19-,20+,21+,23-,24+/m0/s1. The van der Waals surface area contributed by atoms with E-state index in [4.69, 9.17) is 10.5 Å². The molecule has 0 aromatic rings. The Morgan fingerprint density at radius 3 is 2.60 bits per heavy atom. The first kappa shape index (κ1) is 21.4. The zero-order chi connectivity index (χ0) is 21.7. The van der Waals surface area contributed by atoms with Crippen LogP contribution in [-0.4, -0.2) is 23.8 Å². The lowest BCUT2D eigenvalue weighted by Crippen LogP contribution is -2.51. The molecule has 0 heterocycles. The predicted molar refractivity (Wildman–Crippen MR) is 117 cm³/mol. The number of fused-ring (bicyclic) bond motifs is 5. The van der Waals surface area contributed by atoms with Crippen molar-refractivity contribution >= 4 is 17.7 Å². The number of carbonyl (C=O) groups is 2. The molecule has 0 aromatic heterocycles. The third kappa shape index (κ3) is 3.46. The van der Waals surface area contributed by atoms with Crippen LogP contribution in [0.4, 0.5) is 4.79 Å². The van der Waals surface area contributed by atoms with Crippen molar-refractivity contribution in [3.05, 3.63) is 11.6 Å². The van der Waals surface area contributed by atoms with Crippen LogP contribution in [0.2, 0.25) is 0 Å². The van der Waals surface area contributed by atoms with Gasteiger partial charge in [-0.1, -0.05) is 25.5 Å². The molecular formula is C24H37N3O3. The number of ether oxygens (including phenoxy) is 1. The Bertz CT molecular complexity index is 791. The van der Waals surface area contributed by atoms with Crippen molar-refractivity contribution < 1.29 is 14.3 Å². The summed E-state index contributed by atoms with van der Waals surface area (Å²) in [7, 11) is 0. The molecule has 4 aliphatic rings. The van der Waals surface area contributed by atoms with Gasteiger partial charge in [0.15, 0.2) is 0 Å². The summed E-state index contributed by atoms with van der Waals surface area (Å²) in [6, 6.07) is -0.597. The highest BCUT2D eigenvalue weighted by atomic mass is 16.5. The number of carbonyl (C=O) groups excluding carboxylic acids is 2. The van der Waals surface area contributed by atoms with Crippen molar-refractivity contribution in [1.29, 1.82) is 0 Å². The Labute approximate surface area is 180 Å². The summed E-state index contributed by atoms with van der Waals surface area (Å²) in [5.41, 5.74) is 10.7. The van der Waals surface area contributed by atoms with Crippen LogP contribution in [0.1, 0.15) is 79.1 Å². The van der Waals surface area contributed by atoms with E-state index in [1.54, 1.807) is 0 Å². The van der Waals surface area contributed by atoms with Gasteiger partial charge in [0.2, 0.25) is 0 Å². The van der Waals surface area contributed by atoms with E-state index in [9.17, 15) is 9.59 Å². The van der Waals surface area contributed by atoms with Gasteiger partial charge in [0.25, 0.3) is 0 Å². The number of hydrazone groups is 1. The second-order valence-electron chi connectivity index (χ2n) is 10.6. The summed E-state index contributed by atoms with van der Waals surface area (Å²) < 4.78 is 5.56. The fourth-order valence-electron chi connectivity index (χ4n) is 7.87. The van der Waals surface area contributed by atoms with Crippen LogP contribution >= 0.6 is 0 Å². The third-order valence-corrected chi connectivity index (χ3v) is 9.24. The molecule has 3 saturated carbocycles. The first-order chi connectivity index (χ1) is 14.1. The van der Waals surface area contributed by atoms with Crippen LogP contribution in [0.3, 0.4) is 0 Å². The molecule has 0 aliphatic heterocycles. The molecule has 4 rings (SSSR count). The van der Waals surface area contributed by atoms with Crippen LogP contribution in [-0.2, 0) is 9.53 Å². The summed E-state index contributed by atoms with van der Waals surface area (Å²) in [5.74, 6) is 2.37. The molecule has 0 radical (unpaired) electrons. The van der Waals surface area contributed by atoms with E-state index in [0.717, 1.165) is 37.8 Å². The van der Waals surface area contributed by atoms with Crippen LogP contribution < -0.4 is 11.2 Å². The van der Waals surface area contributed by atoms with Crippen LogP contribution in [0, 0.1) is 34.5 Å². The lowest BCUT2D eigenvalue weighted by Gasteiger charge is -2.58. The van der Waals surface area contributed by atoms with Crippen LogP contribution in [0.25, 0.3) is 0 Å². The maximum absolute atomic E-state index is 11.4. The van der Waals surface area contributed by atoms with Crippen molar-refractivity contribution in [2.24, 2.45) is 45.3 Å². The molecule has 0 saturated heterocycles. The number of allylic oxidation sites excluding steroid dienone is 1. The fraction of sp³-hybridized carbons (Fsp3) is 0.792. The summed E-state index contributed by atoms with van der Waals surface area (Å²) >= 11 is 0. The molecule has 6 heteroatoms. The van der Waals surface area contributed by atoms with E-state index < -0.39 is 6.03 Å². The highest BCUT2D eigenvalue weighted by Gasteiger charge is 2.59. The van der Waals surface area contributed by atoms with Crippen LogP contribution in [0.5, 0.6) is 0 Å². The number of hydrogen-bond acceptors (Lipinski definition) is 4. The second-order valence-corrected chi connectivity index (χ2v) is 10.6. The molecule has 0 bridgehead atoms. The number of hydrogen-bond donors (Lipinski definition) is 2. The first-order valence-corrected chi connectivity index (χ1v) is 11.6. The molecule has 0 spiro atoms. The number of amides is 2. The normalized spacial score (nSPS) is 43.0. The van der Waals surface area contributed by atoms with Crippen molar-refractivity contribution in [2.45, 2.75) is 85.2 Å². The molecule has 30 heavy (non-hydrogen) atoms. The number of urea groups is 1. The van der Waals surface area contributed by atoms with E-state index >= 15 is 0 Å². The highest BCUT2D eigenvalue weighted by molar-refractivity contribution is 5.86. The third-order valence-electron chi connectivity index (χ3n) is 9.24. The summed E-state index contributed by atoms with van der Waals surface area (Å²) in [6.07, 6.45) is 11.5. The molecular weight excluding hydrogens is 378 g/mol. The van der Waals surface area contributed by atoms with Gasteiger partial charge in [-0.15, -0.1) is 0 Å². The number of nitrogens with one attached hydrogen (secondary N) is 1. The van der Waals surface area contributed by atoms with Gasteiger partial charge in [-0.2, -0.15) is 5.10 Å². The molecule has 3 fully saturated rings. The molecule has 166 valence electrons. The largest absolute Gasteiger partial charge is 0.462 e. The number of nitrogens with zero attached hydrogens (tertiary/aromatic N) is 1. The highest BCUT2D eigenvalue weighted by Crippen LogP contribution is 2.66. The number of rotatable bonds is 3. The van der Waals surface area contributed by atoms with Gasteiger partial charge in [0.05, 0.1) is 0 Å². The number of nitrogens with two attached hydrogens (primary N) is 1. The van der Waals surface area contributed by atoms with Gasteiger partial charge in [-0.3, -0.25) is 4.79 Å². The topological polar surface area (TPSA) is 93.8 Å². The van der Waals surface area contributed by atoms with Crippen molar-refractivity contribution in [2.75, 3.05) is 0 Å². The van der Waals surface area contributed by atoms with Gasteiger partial charge in [0.1, 0.15) is 6.10 Å². The van der Waals surface area contributed by atoms with E-state index in [2.05, 4.69) is 30.5 Å². The fourth-order valence-corrected chi connectivity index (χ4v) is 7.87. The first-order valence-electron chi connectivity index (χ1n) is 11.6. The summed E-state index contributed by atoms with van der Waals surface area (Å²) in [5, 5.41) is 4.30. The van der Waals surface area contributed by atoms with E-state index in [1.807, 2.05) is 6.92 Å². The molecule has 3 N–H and O–H groups in total.